The van der Waals surface area contributed by atoms with Gasteiger partial charge in [-0.05, 0) is 56.8 Å². The van der Waals surface area contributed by atoms with Crippen molar-refractivity contribution in [1.29, 1.82) is 0 Å². The van der Waals surface area contributed by atoms with Gasteiger partial charge >= 0.3 is 5.97 Å². The summed E-state index contributed by atoms with van der Waals surface area (Å²) in [5, 5.41) is 22.2. The fourth-order valence-electron chi connectivity index (χ4n) is 6.77. The number of benzene rings is 1. The van der Waals surface area contributed by atoms with Gasteiger partial charge in [0, 0.05) is 24.5 Å². The smallest absolute Gasteiger partial charge is 0.338 e. The molecule has 0 aromatic heterocycles. The van der Waals surface area contributed by atoms with Crippen molar-refractivity contribution >= 4 is 17.3 Å². The van der Waals surface area contributed by atoms with E-state index in [1.807, 2.05) is 6.92 Å². The quantitative estimate of drug-likeness (QED) is 0.163. The average molecular weight is 521 g/mol. The van der Waals surface area contributed by atoms with E-state index in [-0.39, 0.29) is 36.0 Å². The third-order valence-corrected chi connectivity index (χ3v) is 8.72. The van der Waals surface area contributed by atoms with E-state index in [1.165, 1.54) is 0 Å². The van der Waals surface area contributed by atoms with Gasteiger partial charge in [-0.1, -0.05) is 13.8 Å². The fraction of sp³-hybridized carbons (Fsp3) is 0.720. The molecular weight excluding hydrogens is 488 g/mol. The maximum Gasteiger partial charge on any atom is 0.338 e. The highest BCUT2D eigenvalue weighted by Gasteiger charge is 2.69. The lowest BCUT2D eigenvalue weighted by molar-refractivity contribution is -0.571. The van der Waals surface area contributed by atoms with Crippen LogP contribution in [0.3, 0.4) is 0 Å². The molecule has 12 nitrogen and oxygen atoms in total. The number of non-ortho nitro benzene ring substituents is 2. The van der Waals surface area contributed by atoms with E-state index in [9.17, 15) is 25.0 Å². The Morgan fingerprint density at radius 2 is 1.76 bits per heavy atom. The van der Waals surface area contributed by atoms with Crippen LogP contribution in [0.15, 0.2) is 18.2 Å². The fourth-order valence-corrected chi connectivity index (χ4v) is 6.77. The topological polar surface area (TPSA) is 150 Å². The molecule has 4 aliphatic heterocycles. The largest absolute Gasteiger partial charge is 0.462 e. The summed E-state index contributed by atoms with van der Waals surface area (Å²) in [4.78, 5) is 45.1. The van der Waals surface area contributed by atoms with E-state index in [1.54, 1.807) is 0 Å². The highest BCUT2D eigenvalue weighted by atomic mass is 17.3. The first-order chi connectivity index (χ1) is 17.5. The molecule has 5 fully saturated rings. The highest BCUT2D eigenvalue weighted by molar-refractivity contribution is 5.91. The second-order valence-electron chi connectivity index (χ2n) is 11.0. The van der Waals surface area contributed by atoms with Crippen molar-refractivity contribution in [3.05, 3.63) is 44.0 Å². The normalized spacial score (nSPS) is 38.4. The van der Waals surface area contributed by atoms with Crippen molar-refractivity contribution in [2.24, 2.45) is 23.7 Å². The molecule has 202 valence electrons. The van der Waals surface area contributed by atoms with Crippen LogP contribution < -0.4 is 0 Å². The van der Waals surface area contributed by atoms with Gasteiger partial charge in [-0.2, -0.15) is 0 Å². The number of ether oxygens (including phenoxy) is 3. The molecule has 0 radical (unpaired) electrons. The number of nitro benzene ring substituents is 2. The van der Waals surface area contributed by atoms with Gasteiger partial charge < -0.3 is 14.2 Å². The van der Waals surface area contributed by atoms with Gasteiger partial charge in [0.2, 0.25) is 5.79 Å². The third-order valence-electron chi connectivity index (χ3n) is 8.72. The van der Waals surface area contributed by atoms with Crippen LogP contribution in [-0.2, 0) is 24.0 Å². The van der Waals surface area contributed by atoms with Crippen molar-refractivity contribution in [2.75, 3.05) is 6.61 Å². The van der Waals surface area contributed by atoms with E-state index in [0.29, 0.717) is 18.8 Å². The highest BCUT2D eigenvalue weighted by Crippen LogP contribution is 2.60. The number of nitrogens with zero attached hydrogens (tertiary/aromatic N) is 2. The predicted octanol–water partition coefficient (Wildman–Crippen LogP) is 4.69. The molecule has 0 N–H and O–H groups in total. The molecule has 1 spiro atoms. The Labute approximate surface area is 213 Å². The van der Waals surface area contributed by atoms with Gasteiger partial charge in [-0.3, -0.25) is 20.2 Å². The Morgan fingerprint density at radius 1 is 1.05 bits per heavy atom. The first-order valence-electron chi connectivity index (χ1n) is 12.8. The summed E-state index contributed by atoms with van der Waals surface area (Å²) in [6.45, 7) is 6.34. The van der Waals surface area contributed by atoms with Crippen LogP contribution in [-0.4, -0.2) is 46.2 Å². The minimum atomic E-state index is -0.852. The number of esters is 1. The lowest BCUT2D eigenvalue weighted by Crippen LogP contribution is -2.70. The van der Waals surface area contributed by atoms with Gasteiger partial charge in [-0.25, -0.2) is 14.6 Å². The Balaban J connectivity index is 1.23. The van der Waals surface area contributed by atoms with Crippen LogP contribution in [0, 0.1) is 43.9 Å². The van der Waals surface area contributed by atoms with Gasteiger partial charge in [0.1, 0.15) is 0 Å². The number of hydrogen-bond donors (Lipinski definition) is 0. The number of rotatable bonds is 7. The summed E-state index contributed by atoms with van der Waals surface area (Å²) in [6.07, 6.45) is 4.19. The zero-order valence-electron chi connectivity index (χ0n) is 21.1. The molecule has 6 rings (SSSR count). The molecule has 5 aliphatic rings. The lowest BCUT2D eigenvalue weighted by atomic mass is 9.57. The number of hydrogen-bond acceptors (Lipinski definition) is 10. The zero-order valence-corrected chi connectivity index (χ0v) is 21.1. The molecule has 1 aliphatic carbocycles. The van der Waals surface area contributed by atoms with Gasteiger partial charge in [0.25, 0.3) is 11.4 Å². The molecule has 8 atom stereocenters. The Bertz CT molecular complexity index is 1060. The first kappa shape index (κ1) is 26.0. The standard InChI is InChI=1S/C25H32N2O10/c1-14-6-7-20-15(2)21(34-23-25(20)19(14)8-9-24(3,35-23)36-37-25)5-4-10-33-22(28)16-11-17(26(29)30)13-18(12-16)27(31)32/h11-15,19-21,23H,4-10H2,1-3H3/t14-,15-,19+,20+,21-,23?,24+,25-/m1/s1. The van der Waals surface area contributed by atoms with Crippen molar-refractivity contribution in [1.82, 2.24) is 0 Å². The molecule has 37 heavy (non-hydrogen) atoms. The van der Waals surface area contributed by atoms with Crippen LogP contribution in [0.4, 0.5) is 11.4 Å². The first-order valence-corrected chi connectivity index (χ1v) is 12.8. The van der Waals surface area contributed by atoms with E-state index in [0.717, 1.165) is 43.9 Å². The number of nitro groups is 2. The van der Waals surface area contributed by atoms with Crippen molar-refractivity contribution in [3.63, 3.8) is 0 Å². The number of carbonyl (C=O) groups excluding carboxylic acids is 1. The zero-order chi connectivity index (χ0) is 26.5. The summed E-state index contributed by atoms with van der Waals surface area (Å²) in [5.41, 5.74) is -1.96. The van der Waals surface area contributed by atoms with Gasteiger partial charge in [-0.15, -0.1) is 0 Å². The van der Waals surface area contributed by atoms with Crippen molar-refractivity contribution < 1.29 is 38.6 Å². The molecular formula is C25H32N2O10. The van der Waals surface area contributed by atoms with E-state index in [2.05, 4.69) is 13.8 Å². The van der Waals surface area contributed by atoms with Gasteiger partial charge in [0.15, 0.2) is 11.9 Å². The summed E-state index contributed by atoms with van der Waals surface area (Å²) < 4.78 is 18.2. The minimum Gasteiger partial charge on any atom is -0.462 e. The van der Waals surface area contributed by atoms with Crippen LogP contribution in [0.25, 0.3) is 0 Å². The third kappa shape index (κ3) is 4.49. The number of carbonyl (C=O) groups is 1. The Morgan fingerprint density at radius 3 is 2.43 bits per heavy atom. The van der Waals surface area contributed by atoms with Crippen LogP contribution in [0.1, 0.15) is 69.7 Å². The molecule has 1 aromatic carbocycles. The van der Waals surface area contributed by atoms with E-state index < -0.39 is 44.9 Å². The summed E-state index contributed by atoms with van der Waals surface area (Å²) in [7, 11) is 0. The Kier molecular flexibility index (Phi) is 6.71. The average Bonchev–Trinajstić information content (AvgIpc) is 3.09. The van der Waals surface area contributed by atoms with Crippen molar-refractivity contribution in [3.8, 4) is 0 Å². The lowest BCUT2D eigenvalue weighted by Gasteiger charge is -2.60. The minimum absolute atomic E-state index is 0.0419. The van der Waals surface area contributed by atoms with E-state index in [4.69, 9.17) is 24.0 Å². The second kappa shape index (κ2) is 9.57. The maximum absolute atomic E-state index is 12.5. The SMILES string of the molecule is C[C@H]1[C@@H](CCCOC(=O)c2cc([N+](=O)[O-])cc([N+](=O)[O-])c2)OC2O[C@]3(C)CC[C@H]4[C@H](C)CC[C@@H]1[C@@]24OO3. The predicted molar refractivity (Wildman–Crippen MR) is 126 cm³/mol. The maximum atomic E-state index is 12.5. The van der Waals surface area contributed by atoms with E-state index >= 15 is 0 Å². The van der Waals surface area contributed by atoms with Crippen LogP contribution in [0.2, 0.25) is 0 Å². The number of fused-ring (bicyclic) bond motifs is 2. The molecule has 4 heterocycles. The molecule has 4 saturated heterocycles. The van der Waals surface area contributed by atoms with Gasteiger partial charge in [0.05, 0.1) is 34.2 Å². The summed E-state index contributed by atoms with van der Waals surface area (Å²) in [6, 6.07) is 2.75. The molecule has 2 bridgehead atoms. The monoisotopic (exact) mass is 520 g/mol. The molecule has 0 amide bonds. The molecule has 1 unspecified atom stereocenters. The Hall–Kier alpha value is -2.67. The summed E-state index contributed by atoms with van der Waals surface area (Å²) in [5.74, 6) is -0.579. The summed E-state index contributed by atoms with van der Waals surface area (Å²) >= 11 is 0. The second-order valence-corrected chi connectivity index (χ2v) is 11.0. The molecule has 1 aromatic rings. The molecule has 1 saturated carbocycles. The van der Waals surface area contributed by atoms with Crippen molar-refractivity contribution in [2.45, 2.75) is 83.1 Å². The van der Waals surface area contributed by atoms with Crippen LogP contribution in [0.5, 0.6) is 0 Å². The molecule has 12 heteroatoms. The van der Waals surface area contributed by atoms with Crippen LogP contribution >= 0.6 is 0 Å².